The van der Waals surface area contributed by atoms with Gasteiger partial charge in [0.2, 0.25) is 5.88 Å². The average Bonchev–Trinajstić information content (AvgIpc) is 2.85. The van der Waals surface area contributed by atoms with Crippen molar-refractivity contribution in [3.63, 3.8) is 0 Å². The fraction of sp³-hybridized carbons (Fsp3) is 0.368. The van der Waals surface area contributed by atoms with Gasteiger partial charge in [-0.05, 0) is 37.1 Å². The van der Waals surface area contributed by atoms with Gasteiger partial charge in [0, 0.05) is 23.9 Å². The quantitative estimate of drug-likeness (QED) is 0.855. The summed E-state index contributed by atoms with van der Waals surface area (Å²) in [6.45, 7) is 0. The number of hydrogen-bond donors (Lipinski definition) is 1. The van der Waals surface area contributed by atoms with Gasteiger partial charge in [-0.2, -0.15) is 0 Å². The van der Waals surface area contributed by atoms with E-state index in [9.17, 15) is 4.79 Å². The van der Waals surface area contributed by atoms with E-state index < -0.39 is 0 Å². The molecule has 1 heterocycles. The molecule has 1 N–H and O–H groups in total. The summed E-state index contributed by atoms with van der Waals surface area (Å²) in [6.07, 6.45) is 8.80. The fourth-order valence-electron chi connectivity index (χ4n) is 2.92. The van der Waals surface area contributed by atoms with Crippen LogP contribution in [0.1, 0.15) is 48.9 Å². The number of nitrogens with one attached hydrogen (secondary N) is 1. The summed E-state index contributed by atoms with van der Waals surface area (Å²) in [4.78, 5) is 16.6. The van der Waals surface area contributed by atoms with Crippen LogP contribution in [0.5, 0.6) is 11.6 Å². The van der Waals surface area contributed by atoms with Gasteiger partial charge >= 0.3 is 0 Å². The monoisotopic (exact) mass is 310 g/mol. The number of carbonyl (C=O) groups is 1. The minimum absolute atomic E-state index is 0.0247. The Balaban J connectivity index is 1.65. The van der Waals surface area contributed by atoms with Gasteiger partial charge in [-0.3, -0.25) is 4.79 Å². The highest BCUT2D eigenvalue weighted by Crippen LogP contribution is 2.21. The van der Waals surface area contributed by atoms with Crippen LogP contribution < -0.4 is 10.1 Å². The average molecular weight is 310 g/mol. The highest BCUT2D eigenvalue weighted by molar-refractivity contribution is 5.94. The van der Waals surface area contributed by atoms with Gasteiger partial charge in [0.15, 0.2) is 0 Å². The van der Waals surface area contributed by atoms with Crippen LogP contribution in [-0.2, 0) is 0 Å². The molecule has 1 amide bonds. The van der Waals surface area contributed by atoms with Gasteiger partial charge in [0.25, 0.3) is 5.91 Å². The van der Waals surface area contributed by atoms with Crippen LogP contribution in [0.25, 0.3) is 0 Å². The van der Waals surface area contributed by atoms with Crippen LogP contribution in [0.15, 0.2) is 48.7 Å². The summed E-state index contributed by atoms with van der Waals surface area (Å²) >= 11 is 0. The minimum Gasteiger partial charge on any atom is -0.439 e. The molecule has 0 unspecified atom stereocenters. The van der Waals surface area contributed by atoms with Gasteiger partial charge < -0.3 is 10.1 Å². The first kappa shape index (κ1) is 15.5. The van der Waals surface area contributed by atoms with Crippen LogP contribution in [0.4, 0.5) is 0 Å². The lowest BCUT2D eigenvalue weighted by Crippen LogP contribution is -2.34. The van der Waals surface area contributed by atoms with Gasteiger partial charge in [0.1, 0.15) is 5.75 Å². The summed E-state index contributed by atoms with van der Waals surface area (Å²) in [5.41, 5.74) is 0.627. The van der Waals surface area contributed by atoms with Crippen LogP contribution in [-0.4, -0.2) is 16.9 Å². The van der Waals surface area contributed by atoms with Gasteiger partial charge in [0.05, 0.1) is 0 Å². The zero-order valence-electron chi connectivity index (χ0n) is 13.2. The molecule has 0 atom stereocenters. The topological polar surface area (TPSA) is 51.2 Å². The van der Waals surface area contributed by atoms with Crippen LogP contribution in [0.2, 0.25) is 0 Å². The molecule has 1 aliphatic carbocycles. The summed E-state index contributed by atoms with van der Waals surface area (Å²) in [7, 11) is 0. The van der Waals surface area contributed by atoms with Crippen molar-refractivity contribution < 1.29 is 9.53 Å². The lowest BCUT2D eigenvalue weighted by Gasteiger charge is -2.16. The largest absolute Gasteiger partial charge is 0.439 e. The zero-order chi connectivity index (χ0) is 15.9. The van der Waals surface area contributed by atoms with Crippen molar-refractivity contribution in [3.05, 3.63) is 54.2 Å². The first-order valence-electron chi connectivity index (χ1n) is 8.31. The molecule has 23 heavy (non-hydrogen) atoms. The van der Waals surface area contributed by atoms with Gasteiger partial charge in [-0.25, -0.2) is 4.98 Å². The Labute approximate surface area is 136 Å². The van der Waals surface area contributed by atoms with Crippen molar-refractivity contribution in [2.24, 2.45) is 0 Å². The Morgan fingerprint density at radius 1 is 1.04 bits per heavy atom. The number of pyridine rings is 1. The van der Waals surface area contributed by atoms with Gasteiger partial charge in [-0.15, -0.1) is 0 Å². The molecule has 0 bridgehead atoms. The zero-order valence-corrected chi connectivity index (χ0v) is 13.2. The molecular formula is C19H22N2O2. The van der Waals surface area contributed by atoms with Crippen molar-refractivity contribution in [3.8, 4) is 11.6 Å². The van der Waals surface area contributed by atoms with E-state index >= 15 is 0 Å². The Bertz CT molecular complexity index is 635. The lowest BCUT2D eigenvalue weighted by atomic mass is 10.1. The summed E-state index contributed by atoms with van der Waals surface area (Å²) in [6, 6.07) is 13.0. The molecule has 0 saturated heterocycles. The highest BCUT2D eigenvalue weighted by atomic mass is 16.5. The molecule has 1 fully saturated rings. The molecule has 1 saturated carbocycles. The standard InChI is InChI=1S/C19H22N2O2/c22-19(21-16-9-3-1-2-4-10-16)15-8-7-11-17(14-15)23-18-12-5-6-13-20-18/h5-8,11-14,16H,1-4,9-10H2,(H,21,22). The smallest absolute Gasteiger partial charge is 0.251 e. The molecule has 1 aliphatic rings. The third-order valence-corrected chi connectivity index (χ3v) is 4.15. The molecule has 0 radical (unpaired) electrons. The molecular weight excluding hydrogens is 288 g/mol. The Morgan fingerprint density at radius 3 is 2.61 bits per heavy atom. The molecule has 1 aromatic carbocycles. The van der Waals surface area contributed by atoms with E-state index in [2.05, 4.69) is 10.3 Å². The van der Waals surface area contributed by atoms with Crippen LogP contribution >= 0.6 is 0 Å². The predicted molar refractivity (Wildman–Crippen MR) is 89.7 cm³/mol. The number of aromatic nitrogens is 1. The summed E-state index contributed by atoms with van der Waals surface area (Å²) < 4.78 is 5.69. The molecule has 120 valence electrons. The second-order valence-electron chi connectivity index (χ2n) is 5.96. The van der Waals surface area contributed by atoms with Crippen molar-refractivity contribution in [1.29, 1.82) is 0 Å². The minimum atomic E-state index is -0.0247. The van der Waals surface area contributed by atoms with Crippen molar-refractivity contribution in [1.82, 2.24) is 10.3 Å². The maximum Gasteiger partial charge on any atom is 0.251 e. The van der Waals surface area contributed by atoms with Crippen LogP contribution in [0.3, 0.4) is 0 Å². The van der Waals surface area contributed by atoms with Crippen molar-refractivity contribution in [2.45, 2.75) is 44.6 Å². The second-order valence-corrected chi connectivity index (χ2v) is 5.96. The molecule has 4 heteroatoms. The number of carbonyl (C=O) groups excluding carboxylic acids is 1. The summed E-state index contributed by atoms with van der Waals surface area (Å²) in [5, 5.41) is 3.16. The molecule has 2 aromatic rings. The fourth-order valence-corrected chi connectivity index (χ4v) is 2.92. The van der Waals surface area contributed by atoms with Crippen molar-refractivity contribution >= 4 is 5.91 Å². The lowest BCUT2D eigenvalue weighted by molar-refractivity contribution is 0.0933. The van der Waals surface area contributed by atoms with E-state index in [1.807, 2.05) is 30.3 Å². The van der Waals surface area contributed by atoms with E-state index in [-0.39, 0.29) is 5.91 Å². The Kier molecular flexibility index (Phi) is 5.25. The van der Waals surface area contributed by atoms with Crippen molar-refractivity contribution in [2.75, 3.05) is 0 Å². The molecule has 0 spiro atoms. The van der Waals surface area contributed by atoms with Crippen LogP contribution in [0, 0.1) is 0 Å². The van der Waals surface area contributed by atoms with Gasteiger partial charge in [-0.1, -0.05) is 37.8 Å². The van der Waals surface area contributed by atoms with E-state index in [1.165, 1.54) is 25.7 Å². The number of amides is 1. The van der Waals surface area contributed by atoms with E-state index in [4.69, 9.17) is 4.74 Å². The SMILES string of the molecule is O=C(NC1CCCCCC1)c1cccc(Oc2ccccn2)c1. The number of nitrogens with zero attached hydrogens (tertiary/aromatic N) is 1. The predicted octanol–water partition coefficient (Wildman–Crippen LogP) is 4.33. The Morgan fingerprint density at radius 2 is 1.87 bits per heavy atom. The Hall–Kier alpha value is -2.36. The number of hydrogen-bond acceptors (Lipinski definition) is 3. The third kappa shape index (κ3) is 4.55. The second kappa shape index (κ2) is 7.77. The molecule has 1 aromatic heterocycles. The molecule has 3 rings (SSSR count). The first-order valence-corrected chi connectivity index (χ1v) is 8.31. The normalized spacial score (nSPS) is 15.7. The third-order valence-electron chi connectivity index (χ3n) is 4.15. The first-order chi connectivity index (χ1) is 11.3. The molecule has 4 nitrogen and oxygen atoms in total. The van der Waals surface area contributed by atoms with E-state index in [0.717, 1.165) is 12.8 Å². The number of benzene rings is 1. The number of ether oxygens (including phenoxy) is 1. The maximum atomic E-state index is 12.4. The highest BCUT2D eigenvalue weighted by Gasteiger charge is 2.16. The van der Waals surface area contributed by atoms with E-state index in [0.29, 0.717) is 23.2 Å². The molecule has 0 aliphatic heterocycles. The van der Waals surface area contributed by atoms with E-state index in [1.54, 1.807) is 18.3 Å². The maximum absolute atomic E-state index is 12.4. The summed E-state index contributed by atoms with van der Waals surface area (Å²) in [5.74, 6) is 1.12. The number of rotatable bonds is 4.